The minimum atomic E-state index is -1.14. The van der Waals surface area contributed by atoms with E-state index in [4.69, 9.17) is 9.84 Å². The molecule has 1 aliphatic carbocycles. The number of carboxylic acids is 1. The van der Waals surface area contributed by atoms with Crippen molar-refractivity contribution in [2.24, 2.45) is 11.8 Å². The lowest BCUT2D eigenvalue weighted by Gasteiger charge is -2.16. The van der Waals surface area contributed by atoms with Crippen LogP contribution in [0.25, 0.3) is 0 Å². The Hall–Kier alpha value is -2.43. The summed E-state index contributed by atoms with van der Waals surface area (Å²) in [5.74, 6) is -1.31. The van der Waals surface area contributed by atoms with Crippen molar-refractivity contribution >= 4 is 17.7 Å². The van der Waals surface area contributed by atoms with Gasteiger partial charge in [0.15, 0.2) is 0 Å². The standard InChI is InChI=1S/C18H20O5/c1-2-3-6-12-9-14(19)10-13(12)11-17(20)23-16-8-5-4-7-15(16)18(21)22/h2-5,7-8,12-13H,6,9-11H2,1H3,(H,21,22). The molecule has 0 spiro atoms. The minimum absolute atomic E-state index is 0.0387. The van der Waals surface area contributed by atoms with Crippen LogP contribution in [0.4, 0.5) is 0 Å². The van der Waals surface area contributed by atoms with Crippen LogP contribution in [0.5, 0.6) is 5.75 Å². The molecule has 0 heterocycles. The molecule has 5 heteroatoms. The lowest BCUT2D eigenvalue weighted by Crippen LogP contribution is -2.18. The number of allylic oxidation sites excluding steroid dienone is 2. The third-order valence-electron chi connectivity index (χ3n) is 4.09. The van der Waals surface area contributed by atoms with Gasteiger partial charge in [-0.1, -0.05) is 24.3 Å². The van der Waals surface area contributed by atoms with Gasteiger partial charge in [-0.25, -0.2) is 4.79 Å². The molecule has 1 saturated carbocycles. The number of Topliss-reactive ketones (excluding diaryl/α,β-unsaturated/α-hetero) is 1. The molecule has 122 valence electrons. The van der Waals surface area contributed by atoms with Crippen molar-refractivity contribution in [2.75, 3.05) is 0 Å². The van der Waals surface area contributed by atoms with Crippen LogP contribution >= 0.6 is 0 Å². The fourth-order valence-corrected chi connectivity index (χ4v) is 2.94. The van der Waals surface area contributed by atoms with E-state index in [2.05, 4.69) is 0 Å². The fraction of sp³-hybridized carbons (Fsp3) is 0.389. The number of aromatic carboxylic acids is 1. The molecule has 1 aromatic rings. The molecule has 0 saturated heterocycles. The van der Waals surface area contributed by atoms with Crippen LogP contribution in [0.2, 0.25) is 0 Å². The first-order valence-electron chi connectivity index (χ1n) is 7.67. The maximum absolute atomic E-state index is 12.1. The Balaban J connectivity index is 2.01. The first-order valence-corrected chi connectivity index (χ1v) is 7.67. The predicted molar refractivity (Wildman–Crippen MR) is 84.3 cm³/mol. The molecule has 1 fully saturated rings. The third-order valence-corrected chi connectivity index (χ3v) is 4.09. The summed E-state index contributed by atoms with van der Waals surface area (Å²) in [6.45, 7) is 1.92. The number of ether oxygens (including phenoxy) is 1. The number of benzene rings is 1. The number of carbonyl (C=O) groups excluding carboxylic acids is 2. The molecule has 1 aliphatic rings. The number of carbonyl (C=O) groups is 3. The summed E-state index contributed by atoms with van der Waals surface area (Å²) in [6.07, 6.45) is 5.71. The first-order chi connectivity index (χ1) is 11.0. The summed E-state index contributed by atoms with van der Waals surface area (Å²) in [7, 11) is 0. The summed E-state index contributed by atoms with van der Waals surface area (Å²) < 4.78 is 5.21. The number of hydrogen-bond donors (Lipinski definition) is 1. The topological polar surface area (TPSA) is 80.7 Å². The Morgan fingerprint density at radius 2 is 1.96 bits per heavy atom. The van der Waals surface area contributed by atoms with E-state index in [1.54, 1.807) is 12.1 Å². The van der Waals surface area contributed by atoms with Crippen LogP contribution in [-0.4, -0.2) is 22.8 Å². The number of ketones is 1. The van der Waals surface area contributed by atoms with E-state index in [1.807, 2.05) is 19.1 Å². The van der Waals surface area contributed by atoms with Crippen molar-refractivity contribution in [2.45, 2.75) is 32.6 Å². The molecule has 0 aliphatic heterocycles. The van der Waals surface area contributed by atoms with Crippen LogP contribution < -0.4 is 4.74 Å². The second-order valence-corrected chi connectivity index (χ2v) is 5.75. The molecular formula is C18H20O5. The van der Waals surface area contributed by atoms with E-state index < -0.39 is 11.9 Å². The number of rotatable bonds is 6. The molecule has 1 N–H and O–H groups in total. The highest BCUT2D eigenvalue weighted by atomic mass is 16.5. The number of hydrogen-bond acceptors (Lipinski definition) is 4. The maximum Gasteiger partial charge on any atom is 0.339 e. The van der Waals surface area contributed by atoms with Crippen LogP contribution in [-0.2, 0) is 9.59 Å². The van der Waals surface area contributed by atoms with E-state index in [1.165, 1.54) is 12.1 Å². The Morgan fingerprint density at radius 3 is 2.65 bits per heavy atom. The van der Waals surface area contributed by atoms with Crippen molar-refractivity contribution in [3.63, 3.8) is 0 Å². The maximum atomic E-state index is 12.1. The first kappa shape index (κ1) is 16.9. The molecule has 0 amide bonds. The Kier molecular flexibility index (Phi) is 5.68. The van der Waals surface area contributed by atoms with Crippen molar-refractivity contribution in [3.05, 3.63) is 42.0 Å². The van der Waals surface area contributed by atoms with E-state index in [-0.39, 0.29) is 35.4 Å². The highest BCUT2D eigenvalue weighted by molar-refractivity contribution is 5.92. The second-order valence-electron chi connectivity index (χ2n) is 5.75. The van der Waals surface area contributed by atoms with Gasteiger partial charge in [0.25, 0.3) is 0 Å². The quantitative estimate of drug-likeness (QED) is 0.495. The summed E-state index contributed by atoms with van der Waals surface area (Å²) in [4.78, 5) is 34.9. The number of para-hydroxylation sites is 1. The van der Waals surface area contributed by atoms with Gasteiger partial charge < -0.3 is 9.84 Å². The Bertz CT molecular complexity index is 632. The monoisotopic (exact) mass is 316 g/mol. The molecule has 0 aromatic heterocycles. The second kappa shape index (κ2) is 7.72. The molecule has 2 unspecified atom stereocenters. The van der Waals surface area contributed by atoms with Crippen LogP contribution in [0, 0.1) is 11.8 Å². The SMILES string of the molecule is CC=CCC1CC(=O)CC1CC(=O)Oc1ccccc1C(=O)O. The van der Waals surface area contributed by atoms with Crippen molar-refractivity contribution < 1.29 is 24.2 Å². The van der Waals surface area contributed by atoms with Gasteiger partial charge in [-0.3, -0.25) is 9.59 Å². The fourth-order valence-electron chi connectivity index (χ4n) is 2.94. The van der Waals surface area contributed by atoms with Gasteiger partial charge in [-0.2, -0.15) is 0 Å². The zero-order valence-electron chi connectivity index (χ0n) is 13.0. The summed E-state index contributed by atoms with van der Waals surface area (Å²) in [5.41, 5.74) is -0.0474. The predicted octanol–water partition coefficient (Wildman–Crippen LogP) is 3.24. The zero-order valence-corrected chi connectivity index (χ0v) is 13.0. The van der Waals surface area contributed by atoms with Gasteiger partial charge in [0.2, 0.25) is 0 Å². The van der Waals surface area contributed by atoms with Crippen molar-refractivity contribution in [3.8, 4) is 5.75 Å². The van der Waals surface area contributed by atoms with E-state index in [0.29, 0.717) is 12.8 Å². The van der Waals surface area contributed by atoms with Gasteiger partial charge in [0, 0.05) is 19.3 Å². The van der Waals surface area contributed by atoms with E-state index in [9.17, 15) is 14.4 Å². The highest BCUT2D eigenvalue weighted by Crippen LogP contribution is 2.35. The summed E-state index contributed by atoms with van der Waals surface area (Å²) in [6, 6.07) is 6.03. The average molecular weight is 316 g/mol. The van der Waals surface area contributed by atoms with Crippen LogP contribution in [0.1, 0.15) is 43.0 Å². The number of carboxylic acid groups (broad SMARTS) is 1. The van der Waals surface area contributed by atoms with Gasteiger partial charge in [-0.05, 0) is 37.3 Å². The molecule has 23 heavy (non-hydrogen) atoms. The van der Waals surface area contributed by atoms with Crippen molar-refractivity contribution in [1.29, 1.82) is 0 Å². The van der Waals surface area contributed by atoms with Crippen molar-refractivity contribution in [1.82, 2.24) is 0 Å². The largest absolute Gasteiger partial charge is 0.478 e. The molecular weight excluding hydrogens is 296 g/mol. The average Bonchev–Trinajstić information content (AvgIpc) is 2.84. The molecule has 5 nitrogen and oxygen atoms in total. The van der Waals surface area contributed by atoms with Gasteiger partial charge in [0.05, 0.1) is 0 Å². The highest BCUT2D eigenvalue weighted by Gasteiger charge is 2.34. The van der Waals surface area contributed by atoms with Crippen LogP contribution in [0.3, 0.4) is 0 Å². The zero-order chi connectivity index (χ0) is 16.8. The van der Waals surface area contributed by atoms with E-state index >= 15 is 0 Å². The van der Waals surface area contributed by atoms with Gasteiger partial charge >= 0.3 is 11.9 Å². The smallest absolute Gasteiger partial charge is 0.339 e. The minimum Gasteiger partial charge on any atom is -0.478 e. The molecule has 0 bridgehead atoms. The molecule has 1 aromatic carbocycles. The lowest BCUT2D eigenvalue weighted by molar-refractivity contribution is -0.135. The summed E-state index contributed by atoms with van der Waals surface area (Å²) in [5, 5.41) is 9.09. The normalized spacial score (nSPS) is 20.8. The molecule has 0 radical (unpaired) electrons. The lowest BCUT2D eigenvalue weighted by atomic mass is 9.90. The number of esters is 1. The molecule has 2 rings (SSSR count). The Labute approximate surface area is 135 Å². The van der Waals surface area contributed by atoms with Crippen LogP contribution in [0.15, 0.2) is 36.4 Å². The third kappa shape index (κ3) is 4.52. The summed E-state index contributed by atoms with van der Waals surface area (Å²) >= 11 is 0. The van der Waals surface area contributed by atoms with E-state index in [0.717, 1.165) is 6.42 Å². The Morgan fingerprint density at radius 1 is 1.26 bits per heavy atom. The molecule has 2 atom stereocenters. The van der Waals surface area contributed by atoms with Gasteiger partial charge in [-0.15, -0.1) is 0 Å². The van der Waals surface area contributed by atoms with Gasteiger partial charge in [0.1, 0.15) is 17.1 Å².